The Morgan fingerprint density at radius 2 is 2.25 bits per heavy atom. The van der Waals surface area contributed by atoms with Gasteiger partial charge in [0.25, 0.3) is 0 Å². The highest BCUT2D eigenvalue weighted by molar-refractivity contribution is 7.15. The second-order valence-corrected chi connectivity index (χ2v) is 7.80. The number of rotatable bonds is 7. The summed E-state index contributed by atoms with van der Waals surface area (Å²) >= 11 is 1.72. The summed E-state index contributed by atoms with van der Waals surface area (Å²) in [6, 6.07) is 3.93. The first-order valence-corrected chi connectivity index (χ1v) is 10.1. The Morgan fingerprint density at radius 3 is 3.07 bits per heavy atom. The Kier molecular flexibility index (Phi) is 5.73. The molecule has 1 atom stereocenters. The van der Waals surface area contributed by atoms with Crippen LogP contribution in [0.15, 0.2) is 30.9 Å². The topological polar surface area (TPSA) is 94.8 Å². The lowest BCUT2D eigenvalue weighted by molar-refractivity contribution is -0.125. The second kappa shape index (κ2) is 8.57. The molecule has 4 rings (SSSR count). The van der Waals surface area contributed by atoms with Crippen LogP contribution in [0.1, 0.15) is 22.8 Å². The lowest BCUT2D eigenvalue weighted by Crippen LogP contribution is -2.34. The largest absolute Gasteiger partial charge is 0.383 e. The summed E-state index contributed by atoms with van der Waals surface area (Å²) in [6.07, 6.45) is 7.62. The lowest BCUT2D eigenvalue weighted by Gasteiger charge is -2.20. The van der Waals surface area contributed by atoms with Crippen LogP contribution < -0.4 is 5.32 Å². The van der Waals surface area contributed by atoms with Crippen LogP contribution in [0.25, 0.3) is 10.6 Å². The predicted octanol–water partition coefficient (Wildman–Crippen LogP) is 1.86. The van der Waals surface area contributed by atoms with Crippen molar-refractivity contribution in [3.05, 3.63) is 47.2 Å². The number of carbonyl (C=O) groups excluding carboxylic acids is 1. The van der Waals surface area contributed by atoms with Crippen LogP contribution in [-0.2, 0) is 35.5 Å². The summed E-state index contributed by atoms with van der Waals surface area (Å²) in [7, 11) is 1.65. The standard InChI is InChI=1S/C19H22N6O2S/c1-27-9-8-25-12-22-24-17(25)11-21-18(26)14-2-3-16-15(10-14)23-19(28-16)13-4-6-20-7-5-13/h4-7,12,14H,2-3,8-11H2,1H3,(H,21,26). The highest BCUT2D eigenvalue weighted by atomic mass is 32.1. The molecule has 0 saturated heterocycles. The summed E-state index contributed by atoms with van der Waals surface area (Å²) < 4.78 is 6.98. The number of aromatic nitrogens is 5. The molecule has 3 aromatic rings. The molecule has 0 aromatic carbocycles. The summed E-state index contributed by atoms with van der Waals surface area (Å²) in [6.45, 7) is 1.61. The van der Waals surface area contributed by atoms with Crippen molar-refractivity contribution < 1.29 is 9.53 Å². The quantitative estimate of drug-likeness (QED) is 0.653. The number of methoxy groups -OCH3 is 1. The Hall–Kier alpha value is -2.65. The molecular formula is C19H22N6O2S. The van der Waals surface area contributed by atoms with Crippen LogP contribution in [0.5, 0.6) is 0 Å². The molecule has 1 aliphatic rings. The Balaban J connectivity index is 1.37. The number of aryl methyl sites for hydroxylation is 1. The van der Waals surface area contributed by atoms with Crippen molar-refractivity contribution in [2.24, 2.45) is 5.92 Å². The van der Waals surface area contributed by atoms with Crippen molar-refractivity contribution in [1.82, 2.24) is 30.0 Å². The molecule has 8 nitrogen and oxygen atoms in total. The minimum atomic E-state index is -0.0600. The molecule has 9 heteroatoms. The molecule has 28 heavy (non-hydrogen) atoms. The maximum absolute atomic E-state index is 12.7. The fourth-order valence-electron chi connectivity index (χ4n) is 3.32. The van der Waals surface area contributed by atoms with E-state index in [2.05, 4.69) is 20.5 Å². The number of nitrogens with one attached hydrogen (secondary N) is 1. The maximum Gasteiger partial charge on any atom is 0.223 e. The zero-order valence-corrected chi connectivity index (χ0v) is 16.5. The Bertz CT molecular complexity index is 939. The minimum absolute atomic E-state index is 0.0467. The lowest BCUT2D eigenvalue weighted by atomic mass is 9.90. The van der Waals surface area contributed by atoms with Gasteiger partial charge in [0.1, 0.15) is 11.3 Å². The van der Waals surface area contributed by atoms with Gasteiger partial charge < -0.3 is 14.6 Å². The van der Waals surface area contributed by atoms with Gasteiger partial charge in [0, 0.05) is 48.8 Å². The van der Waals surface area contributed by atoms with E-state index < -0.39 is 0 Å². The third-order valence-electron chi connectivity index (χ3n) is 4.89. The van der Waals surface area contributed by atoms with E-state index in [1.165, 1.54) is 4.88 Å². The number of ether oxygens (including phenoxy) is 1. The second-order valence-electron chi connectivity index (χ2n) is 6.72. The normalized spacial score (nSPS) is 16.0. The molecule has 1 unspecified atom stereocenters. The van der Waals surface area contributed by atoms with Crippen LogP contribution in [0.4, 0.5) is 0 Å². The number of nitrogens with zero attached hydrogens (tertiary/aromatic N) is 5. The maximum atomic E-state index is 12.7. The zero-order valence-electron chi connectivity index (χ0n) is 15.7. The fraction of sp³-hybridized carbons (Fsp3) is 0.421. The third kappa shape index (κ3) is 4.10. The molecule has 0 radical (unpaired) electrons. The number of hydrogen-bond donors (Lipinski definition) is 1. The first-order chi connectivity index (χ1) is 13.7. The molecule has 0 spiro atoms. The van der Waals surface area contributed by atoms with Gasteiger partial charge in [0.2, 0.25) is 5.91 Å². The van der Waals surface area contributed by atoms with Gasteiger partial charge in [-0.15, -0.1) is 21.5 Å². The van der Waals surface area contributed by atoms with E-state index in [-0.39, 0.29) is 11.8 Å². The molecule has 0 aliphatic heterocycles. The first kappa shape index (κ1) is 18.7. The van der Waals surface area contributed by atoms with E-state index in [1.54, 1.807) is 37.2 Å². The number of fused-ring (bicyclic) bond motifs is 1. The van der Waals surface area contributed by atoms with Crippen molar-refractivity contribution in [1.29, 1.82) is 0 Å². The summed E-state index contributed by atoms with van der Waals surface area (Å²) in [4.78, 5) is 22.8. The molecule has 1 aliphatic carbocycles. The summed E-state index contributed by atoms with van der Waals surface area (Å²) in [5.74, 6) is 0.719. The number of carbonyl (C=O) groups is 1. The van der Waals surface area contributed by atoms with Crippen molar-refractivity contribution in [2.75, 3.05) is 13.7 Å². The van der Waals surface area contributed by atoms with Gasteiger partial charge in [-0.3, -0.25) is 9.78 Å². The van der Waals surface area contributed by atoms with Gasteiger partial charge in [-0.2, -0.15) is 0 Å². The molecule has 3 heterocycles. The van der Waals surface area contributed by atoms with Crippen LogP contribution in [-0.4, -0.2) is 44.4 Å². The summed E-state index contributed by atoms with van der Waals surface area (Å²) in [5, 5.41) is 12.0. The van der Waals surface area contributed by atoms with Gasteiger partial charge in [-0.1, -0.05) is 0 Å². The number of pyridine rings is 1. The fourth-order valence-corrected chi connectivity index (χ4v) is 4.43. The van der Waals surface area contributed by atoms with E-state index >= 15 is 0 Å². The Labute approximate surface area is 167 Å². The van der Waals surface area contributed by atoms with E-state index in [1.807, 2.05) is 16.7 Å². The monoisotopic (exact) mass is 398 g/mol. The Morgan fingerprint density at radius 1 is 1.39 bits per heavy atom. The highest BCUT2D eigenvalue weighted by Crippen LogP contribution is 2.34. The highest BCUT2D eigenvalue weighted by Gasteiger charge is 2.28. The SMILES string of the molecule is COCCn1cnnc1CNC(=O)C1CCc2sc(-c3ccncc3)nc2C1. The van der Waals surface area contributed by atoms with E-state index in [0.717, 1.165) is 34.9 Å². The van der Waals surface area contributed by atoms with Crippen molar-refractivity contribution in [2.45, 2.75) is 32.4 Å². The number of amides is 1. The average Bonchev–Trinajstić information content (AvgIpc) is 3.37. The van der Waals surface area contributed by atoms with Crippen LogP contribution in [0.3, 0.4) is 0 Å². The number of thiazole rings is 1. The molecule has 0 fully saturated rings. The molecule has 3 aromatic heterocycles. The molecule has 1 N–H and O–H groups in total. The van der Waals surface area contributed by atoms with E-state index in [9.17, 15) is 4.79 Å². The van der Waals surface area contributed by atoms with Gasteiger partial charge >= 0.3 is 0 Å². The van der Waals surface area contributed by atoms with Crippen molar-refractivity contribution in [3.8, 4) is 10.6 Å². The molecule has 0 saturated carbocycles. The average molecular weight is 398 g/mol. The van der Waals surface area contributed by atoms with Gasteiger partial charge in [-0.05, 0) is 25.0 Å². The molecule has 1 amide bonds. The van der Waals surface area contributed by atoms with Crippen LogP contribution in [0.2, 0.25) is 0 Å². The molecule has 146 valence electrons. The van der Waals surface area contributed by atoms with Crippen molar-refractivity contribution in [3.63, 3.8) is 0 Å². The van der Waals surface area contributed by atoms with Crippen molar-refractivity contribution >= 4 is 17.2 Å². The molecular weight excluding hydrogens is 376 g/mol. The molecule has 0 bridgehead atoms. The van der Waals surface area contributed by atoms with Gasteiger partial charge in [0.15, 0.2) is 5.82 Å². The number of hydrogen-bond acceptors (Lipinski definition) is 7. The van der Waals surface area contributed by atoms with E-state index in [4.69, 9.17) is 9.72 Å². The minimum Gasteiger partial charge on any atom is -0.383 e. The summed E-state index contributed by atoms with van der Waals surface area (Å²) in [5.41, 5.74) is 2.12. The van der Waals surface area contributed by atoms with E-state index in [0.29, 0.717) is 26.1 Å². The van der Waals surface area contributed by atoms with Gasteiger partial charge in [-0.25, -0.2) is 4.98 Å². The van der Waals surface area contributed by atoms with Crippen LogP contribution in [0, 0.1) is 5.92 Å². The zero-order chi connectivity index (χ0) is 19.3. The van der Waals surface area contributed by atoms with Gasteiger partial charge in [0.05, 0.1) is 18.8 Å². The third-order valence-corrected chi connectivity index (χ3v) is 6.10. The first-order valence-electron chi connectivity index (χ1n) is 9.27. The van der Waals surface area contributed by atoms with Crippen LogP contribution >= 0.6 is 11.3 Å². The predicted molar refractivity (Wildman–Crippen MR) is 105 cm³/mol. The smallest absolute Gasteiger partial charge is 0.223 e.